The average Bonchev–Trinajstić information content (AvgIpc) is 3.70. The van der Waals surface area contributed by atoms with Crippen molar-refractivity contribution in [2.45, 2.75) is 116 Å². The minimum absolute atomic E-state index is 0.0422. The molecule has 3 aromatic carbocycles. The van der Waals surface area contributed by atoms with E-state index in [1.165, 1.54) is 6.07 Å². The number of carbonyl (C=O) groups is 2. The number of hydrogen-bond acceptors (Lipinski definition) is 6. The predicted molar refractivity (Wildman–Crippen MR) is 213 cm³/mol. The van der Waals surface area contributed by atoms with Crippen molar-refractivity contribution < 1.29 is 27.8 Å². The fourth-order valence-electron chi connectivity index (χ4n) is 8.95. The van der Waals surface area contributed by atoms with Crippen LogP contribution in [-0.4, -0.2) is 65.7 Å². The molecule has 3 fully saturated rings. The summed E-state index contributed by atoms with van der Waals surface area (Å²) in [6.45, 7) is 14.1. The van der Waals surface area contributed by atoms with Gasteiger partial charge in [0.05, 0.1) is 35.5 Å². The number of hydrogen-bond donors (Lipinski definition) is 2. The Kier molecular flexibility index (Phi) is 8.43. The molecule has 0 spiro atoms. The van der Waals surface area contributed by atoms with Crippen molar-refractivity contribution in [3.8, 4) is 33.5 Å². The van der Waals surface area contributed by atoms with Crippen LogP contribution in [0.4, 0.5) is 18.4 Å². The first-order valence-electron chi connectivity index (χ1n) is 20.0. The zero-order valence-corrected chi connectivity index (χ0v) is 33.6. The summed E-state index contributed by atoms with van der Waals surface area (Å²) in [5.41, 5.74) is 3.87. The van der Waals surface area contributed by atoms with Crippen LogP contribution in [0.5, 0.6) is 0 Å². The number of carbonyl (C=O) groups excluding carboxylic acids is 2. The fourth-order valence-corrected chi connectivity index (χ4v) is 8.95. The van der Waals surface area contributed by atoms with E-state index in [0.717, 1.165) is 54.5 Å². The predicted octanol–water partition coefficient (Wildman–Crippen LogP) is 10.7. The maximum absolute atomic E-state index is 16.5. The number of aromatic nitrogens is 4. The summed E-state index contributed by atoms with van der Waals surface area (Å²) in [5, 5.41) is 0. The van der Waals surface area contributed by atoms with Gasteiger partial charge in [0.1, 0.15) is 22.9 Å². The number of benzene rings is 3. The lowest BCUT2D eigenvalue weighted by Crippen LogP contribution is -2.43. The molecule has 1 saturated heterocycles. The Hall–Kier alpha value is -5.26. The van der Waals surface area contributed by atoms with Gasteiger partial charge in [-0.15, -0.1) is 0 Å². The van der Waals surface area contributed by atoms with Gasteiger partial charge in [0, 0.05) is 29.3 Å². The molecule has 12 heteroatoms. The lowest BCUT2D eigenvalue weighted by atomic mass is 9.98. The van der Waals surface area contributed by atoms with Crippen LogP contribution >= 0.6 is 0 Å². The van der Waals surface area contributed by atoms with Crippen LogP contribution in [0.1, 0.15) is 109 Å². The summed E-state index contributed by atoms with van der Waals surface area (Å²) in [5.74, 6) is -1.65. The number of aromatic amines is 2. The number of ether oxygens (including phenoxy) is 2. The average molecular weight is 777 g/mol. The normalized spacial score (nSPS) is 21.4. The Morgan fingerprint density at radius 2 is 1.53 bits per heavy atom. The van der Waals surface area contributed by atoms with E-state index in [-0.39, 0.29) is 41.3 Å². The largest absolute Gasteiger partial charge is 0.444 e. The minimum Gasteiger partial charge on any atom is -0.444 e. The topological polar surface area (TPSA) is 116 Å². The second kappa shape index (κ2) is 12.9. The maximum Gasteiger partial charge on any atom is 0.411 e. The van der Waals surface area contributed by atoms with Gasteiger partial charge in [-0.3, -0.25) is 4.90 Å². The lowest BCUT2D eigenvalue weighted by Gasteiger charge is -2.35. The molecule has 9 rings (SSSR count). The number of nitrogens with zero attached hydrogens (tertiary/aromatic N) is 4. The lowest BCUT2D eigenvalue weighted by molar-refractivity contribution is 0.00615. The number of halogens is 2. The number of piperidine rings is 1. The molecule has 10 nitrogen and oxygen atoms in total. The Bertz CT molecular complexity index is 2420. The van der Waals surface area contributed by atoms with E-state index in [0.29, 0.717) is 46.2 Å². The van der Waals surface area contributed by atoms with Crippen molar-refractivity contribution in [3.63, 3.8) is 0 Å². The van der Waals surface area contributed by atoms with Crippen LogP contribution in [-0.2, 0) is 21.9 Å². The van der Waals surface area contributed by atoms with E-state index < -0.39 is 23.2 Å². The second-order valence-corrected chi connectivity index (χ2v) is 18.9. The standard InChI is InChI=1S/C45H50F2N6O4/c1-42(2,3)56-40(54)52(24-44(7)16-17-44)23-37-48-22-36(49-37)27-10-14-31-30-13-9-25(19-32(30)45(46,47)33(31)20-27)26-11-15-34-35(21-26)51-39(50-34)38-28-8-12-29(18-28)53(38)41(55)57-43(4,5)6/h9-11,13-15,19-22,28-29,38H,8,12,16-18,23-24H2,1-7H3,(H,48,49)(H,50,51)/t28-,29+,38-/m0/s1. The third-order valence-electron chi connectivity index (χ3n) is 11.9. The maximum atomic E-state index is 16.5. The molecule has 4 aliphatic rings. The smallest absolute Gasteiger partial charge is 0.411 e. The first-order valence-corrected chi connectivity index (χ1v) is 20.0. The van der Waals surface area contributed by atoms with Crippen molar-refractivity contribution in [2.75, 3.05) is 6.54 Å². The quantitative estimate of drug-likeness (QED) is 0.170. The summed E-state index contributed by atoms with van der Waals surface area (Å²) in [6.07, 6.45) is 5.91. The van der Waals surface area contributed by atoms with Crippen LogP contribution in [0.2, 0.25) is 0 Å². The van der Waals surface area contributed by atoms with Crippen molar-refractivity contribution in [2.24, 2.45) is 11.3 Å². The van der Waals surface area contributed by atoms with E-state index in [2.05, 4.69) is 21.9 Å². The molecule has 5 aromatic rings. The molecule has 0 unspecified atom stereocenters. The summed E-state index contributed by atoms with van der Waals surface area (Å²) < 4.78 is 44.4. The van der Waals surface area contributed by atoms with Crippen molar-refractivity contribution in [1.29, 1.82) is 0 Å². The molecule has 2 aromatic heterocycles. The highest BCUT2D eigenvalue weighted by Gasteiger charge is 2.51. The highest BCUT2D eigenvalue weighted by Crippen LogP contribution is 2.53. The molecular formula is C45H50F2N6O4. The van der Waals surface area contributed by atoms with E-state index in [9.17, 15) is 9.59 Å². The zero-order chi connectivity index (χ0) is 40.2. The molecule has 2 N–H and O–H groups in total. The van der Waals surface area contributed by atoms with Gasteiger partial charge in [0.15, 0.2) is 0 Å². The number of alkyl halides is 2. The number of likely N-dealkylation sites (tertiary alicyclic amines) is 1. The van der Waals surface area contributed by atoms with Crippen molar-refractivity contribution >= 4 is 23.2 Å². The molecule has 3 aliphatic carbocycles. The Morgan fingerprint density at radius 3 is 2.21 bits per heavy atom. The van der Waals surface area contributed by atoms with E-state index in [1.54, 1.807) is 29.3 Å². The number of fused-ring (bicyclic) bond motifs is 6. The first-order chi connectivity index (χ1) is 26.8. The highest BCUT2D eigenvalue weighted by molar-refractivity contribution is 5.87. The van der Waals surface area contributed by atoms with E-state index in [4.69, 9.17) is 14.5 Å². The molecule has 1 aliphatic heterocycles. The van der Waals surface area contributed by atoms with Gasteiger partial charge in [-0.05, 0) is 131 Å². The molecule has 3 heterocycles. The fraction of sp³-hybridized carbons (Fsp3) is 0.467. The van der Waals surface area contributed by atoms with Crippen LogP contribution in [0.15, 0.2) is 60.8 Å². The Morgan fingerprint density at radius 1 is 0.877 bits per heavy atom. The highest BCUT2D eigenvalue weighted by atomic mass is 19.3. The molecule has 0 radical (unpaired) electrons. The minimum atomic E-state index is -3.23. The second-order valence-electron chi connectivity index (χ2n) is 18.9. The Balaban J connectivity index is 0.955. The molecule has 2 saturated carbocycles. The third-order valence-corrected chi connectivity index (χ3v) is 11.9. The SMILES string of the molecule is CC1(CN(Cc2ncc(-c3ccc4c(c3)C(F)(F)c3cc(-c5ccc6nc([C@@H]7[C@H]8CC[C@H](C8)N7C(=O)OC(C)(C)C)[nH]c6c5)ccc3-4)[nH]2)C(=O)OC(C)(C)C)CC1. The summed E-state index contributed by atoms with van der Waals surface area (Å²) in [6, 6.07) is 16.1. The van der Waals surface area contributed by atoms with E-state index >= 15 is 8.78 Å². The van der Waals surface area contributed by atoms with Gasteiger partial charge in [0.2, 0.25) is 0 Å². The monoisotopic (exact) mass is 776 g/mol. The Labute approximate surface area is 331 Å². The zero-order valence-electron chi connectivity index (χ0n) is 33.6. The molecule has 2 amide bonds. The van der Waals surface area contributed by atoms with E-state index in [1.807, 2.05) is 76.8 Å². The van der Waals surface area contributed by atoms with Crippen LogP contribution < -0.4 is 0 Å². The van der Waals surface area contributed by atoms with Gasteiger partial charge in [-0.1, -0.05) is 37.3 Å². The first kappa shape index (κ1) is 37.3. The van der Waals surface area contributed by atoms with Crippen molar-refractivity contribution in [3.05, 3.63) is 83.6 Å². The van der Waals surface area contributed by atoms with Gasteiger partial charge in [0.25, 0.3) is 5.92 Å². The van der Waals surface area contributed by atoms with Gasteiger partial charge < -0.3 is 24.3 Å². The number of rotatable bonds is 7. The number of amides is 2. The van der Waals surface area contributed by atoms with Crippen molar-refractivity contribution in [1.82, 2.24) is 29.7 Å². The van der Waals surface area contributed by atoms with Crippen LogP contribution in [0, 0.1) is 11.3 Å². The summed E-state index contributed by atoms with van der Waals surface area (Å²) in [7, 11) is 0. The third kappa shape index (κ3) is 6.95. The van der Waals surface area contributed by atoms with Gasteiger partial charge in [-0.25, -0.2) is 19.6 Å². The number of nitrogens with one attached hydrogen (secondary N) is 2. The molecule has 57 heavy (non-hydrogen) atoms. The molecule has 298 valence electrons. The number of H-pyrrole nitrogens is 2. The van der Waals surface area contributed by atoms with Crippen LogP contribution in [0.3, 0.4) is 0 Å². The van der Waals surface area contributed by atoms with Gasteiger partial charge >= 0.3 is 12.2 Å². The molecular weight excluding hydrogens is 727 g/mol. The summed E-state index contributed by atoms with van der Waals surface area (Å²) in [4.78, 5) is 46.2. The number of imidazole rings is 2. The summed E-state index contributed by atoms with van der Waals surface area (Å²) >= 11 is 0. The van der Waals surface area contributed by atoms with Crippen LogP contribution in [0.25, 0.3) is 44.5 Å². The molecule has 3 atom stereocenters. The molecule has 2 bridgehead atoms. The van der Waals surface area contributed by atoms with Gasteiger partial charge in [-0.2, -0.15) is 8.78 Å².